The molecule has 0 radical (unpaired) electrons. The van der Waals surface area contributed by atoms with Crippen LogP contribution in [0.15, 0.2) is 24.3 Å². The van der Waals surface area contributed by atoms with Gasteiger partial charge in [0.15, 0.2) is 11.5 Å². The van der Waals surface area contributed by atoms with Gasteiger partial charge in [-0.1, -0.05) is 19.1 Å². The van der Waals surface area contributed by atoms with Crippen LogP contribution in [0.1, 0.15) is 31.7 Å². The fourth-order valence-corrected chi connectivity index (χ4v) is 3.04. The first-order valence-electron chi connectivity index (χ1n) is 8.68. The number of ether oxygens (including phenoxy) is 4. The highest BCUT2D eigenvalue weighted by Gasteiger charge is 2.20. The first kappa shape index (κ1) is 19.2. The smallest absolute Gasteiger partial charge is 0.306 e. The summed E-state index contributed by atoms with van der Waals surface area (Å²) in [6.07, 6.45) is 7.32. The molecule has 0 spiro atoms. The maximum atomic E-state index is 12.1. The number of benzene rings is 1. The van der Waals surface area contributed by atoms with Crippen molar-refractivity contribution in [1.29, 1.82) is 0 Å². The van der Waals surface area contributed by atoms with Gasteiger partial charge in [-0.05, 0) is 48.8 Å². The summed E-state index contributed by atoms with van der Waals surface area (Å²) in [5, 5.41) is 0. The molecule has 1 aliphatic carbocycles. The minimum Gasteiger partial charge on any atom is -0.493 e. The van der Waals surface area contributed by atoms with Gasteiger partial charge in [-0.15, -0.1) is 0 Å². The number of rotatable bonds is 8. The van der Waals surface area contributed by atoms with Gasteiger partial charge in [0, 0.05) is 6.42 Å². The Morgan fingerprint density at radius 3 is 2.24 bits per heavy atom. The van der Waals surface area contributed by atoms with E-state index < -0.39 is 0 Å². The molecule has 2 atom stereocenters. The van der Waals surface area contributed by atoms with Crippen molar-refractivity contribution in [1.82, 2.24) is 0 Å². The molecule has 0 saturated heterocycles. The fourth-order valence-electron chi connectivity index (χ4n) is 3.04. The monoisotopic (exact) mass is 348 g/mol. The van der Waals surface area contributed by atoms with Gasteiger partial charge < -0.3 is 18.9 Å². The number of aryl methyl sites for hydroxylation is 1. The molecule has 2 rings (SSSR count). The molecule has 0 amide bonds. The third kappa shape index (κ3) is 5.15. The molecule has 0 bridgehead atoms. The van der Waals surface area contributed by atoms with E-state index in [0.29, 0.717) is 48.5 Å². The van der Waals surface area contributed by atoms with Crippen molar-refractivity contribution in [3.63, 3.8) is 0 Å². The lowest BCUT2D eigenvalue weighted by Crippen LogP contribution is -2.21. The zero-order chi connectivity index (χ0) is 18.2. The van der Waals surface area contributed by atoms with E-state index >= 15 is 0 Å². The Hall–Kier alpha value is -2.17. The summed E-state index contributed by atoms with van der Waals surface area (Å²) in [5.41, 5.74) is 0.945. The molecule has 0 aliphatic heterocycles. The molecule has 0 fully saturated rings. The van der Waals surface area contributed by atoms with Gasteiger partial charge >= 0.3 is 5.97 Å². The van der Waals surface area contributed by atoms with Crippen LogP contribution in [0.4, 0.5) is 0 Å². The molecule has 0 saturated carbocycles. The number of allylic oxidation sites excluding steroid dienone is 2. The number of hydrogen-bond donors (Lipinski definition) is 0. The molecule has 5 nitrogen and oxygen atoms in total. The highest BCUT2D eigenvalue weighted by atomic mass is 16.5. The first-order valence-corrected chi connectivity index (χ1v) is 8.68. The molecule has 138 valence electrons. The number of carbonyl (C=O) groups is 1. The van der Waals surface area contributed by atoms with E-state index in [1.807, 2.05) is 12.1 Å². The normalized spacial score (nSPS) is 19.4. The molecular formula is C20H28O5. The topological polar surface area (TPSA) is 54.0 Å². The van der Waals surface area contributed by atoms with Gasteiger partial charge in [0.2, 0.25) is 5.75 Å². The second-order valence-electron chi connectivity index (χ2n) is 6.40. The maximum Gasteiger partial charge on any atom is 0.306 e. The SMILES string of the molecule is COc1cc(CCC(=O)OCC2CC=CCC2C)cc(OC)c1OC. The summed E-state index contributed by atoms with van der Waals surface area (Å²) in [4.78, 5) is 12.1. The van der Waals surface area contributed by atoms with Gasteiger partial charge in [0.05, 0.1) is 27.9 Å². The van der Waals surface area contributed by atoms with E-state index in [2.05, 4.69) is 19.1 Å². The standard InChI is InChI=1S/C20H28O5/c1-14-7-5-6-8-16(14)13-25-19(21)10-9-15-11-17(22-2)20(24-4)18(12-15)23-3/h5-6,11-12,14,16H,7-10,13H2,1-4H3. The van der Waals surface area contributed by atoms with Crippen molar-refractivity contribution < 1.29 is 23.7 Å². The van der Waals surface area contributed by atoms with E-state index in [9.17, 15) is 4.79 Å². The summed E-state index contributed by atoms with van der Waals surface area (Å²) in [7, 11) is 4.73. The molecule has 0 N–H and O–H groups in total. The molecule has 1 aromatic rings. The van der Waals surface area contributed by atoms with E-state index in [0.717, 1.165) is 18.4 Å². The zero-order valence-corrected chi connectivity index (χ0v) is 15.5. The fraction of sp³-hybridized carbons (Fsp3) is 0.550. The molecule has 1 aliphatic rings. The van der Waals surface area contributed by atoms with Crippen molar-refractivity contribution in [2.45, 2.75) is 32.6 Å². The highest BCUT2D eigenvalue weighted by Crippen LogP contribution is 2.38. The number of hydrogen-bond acceptors (Lipinski definition) is 5. The molecule has 0 aromatic heterocycles. The quantitative estimate of drug-likeness (QED) is 0.528. The van der Waals surface area contributed by atoms with Gasteiger partial charge in [-0.2, -0.15) is 0 Å². The Balaban J connectivity index is 1.89. The Morgan fingerprint density at radius 1 is 1.04 bits per heavy atom. The van der Waals surface area contributed by atoms with Crippen molar-refractivity contribution in [2.75, 3.05) is 27.9 Å². The Bertz CT molecular complexity index is 583. The largest absolute Gasteiger partial charge is 0.493 e. The third-order valence-electron chi connectivity index (χ3n) is 4.72. The lowest BCUT2D eigenvalue weighted by Gasteiger charge is -2.24. The second kappa shape index (κ2) is 9.35. The molecule has 0 heterocycles. The average molecular weight is 348 g/mol. The summed E-state index contributed by atoms with van der Waals surface area (Å²) >= 11 is 0. The molecule has 25 heavy (non-hydrogen) atoms. The third-order valence-corrected chi connectivity index (χ3v) is 4.72. The van der Waals surface area contributed by atoms with Crippen LogP contribution in [-0.2, 0) is 16.0 Å². The van der Waals surface area contributed by atoms with Crippen molar-refractivity contribution >= 4 is 5.97 Å². The molecular weight excluding hydrogens is 320 g/mol. The van der Waals surface area contributed by atoms with Crippen LogP contribution in [0.5, 0.6) is 17.2 Å². The summed E-state index contributed by atoms with van der Waals surface area (Å²) in [6, 6.07) is 3.73. The highest BCUT2D eigenvalue weighted by molar-refractivity contribution is 5.70. The van der Waals surface area contributed by atoms with Crippen molar-refractivity contribution in [3.05, 3.63) is 29.8 Å². The van der Waals surface area contributed by atoms with E-state index in [1.54, 1.807) is 21.3 Å². The molecule has 1 aromatic carbocycles. The molecule has 5 heteroatoms. The minimum atomic E-state index is -0.171. The van der Waals surface area contributed by atoms with Crippen molar-refractivity contribution in [2.24, 2.45) is 11.8 Å². The minimum absolute atomic E-state index is 0.171. The van der Waals surface area contributed by atoms with Gasteiger partial charge in [-0.3, -0.25) is 4.79 Å². The van der Waals surface area contributed by atoms with Crippen LogP contribution in [0, 0.1) is 11.8 Å². The van der Waals surface area contributed by atoms with Crippen LogP contribution < -0.4 is 14.2 Å². The van der Waals surface area contributed by atoms with E-state index in [1.165, 1.54) is 0 Å². The summed E-state index contributed by atoms with van der Waals surface area (Å²) in [5.74, 6) is 2.55. The summed E-state index contributed by atoms with van der Waals surface area (Å²) in [6.45, 7) is 2.71. The van der Waals surface area contributed by atoms with E-state index in [-0.39, 0.29) is 5.97 Å². The second-order valence-corrected chi connectivity index (χ2v) is 6.40. The van der Waals surface area contributed by atoms with Crippen LogP contribution in [0.3, 0.4) is 0 Å². The Kier molecular flexibility index (Phi) is 7.16. The lowest BCUT2D eigenvalue weighted by atomic mass is 9.85. The predicted octanol–water partition coefficient (Wildman–Crippen LogP) is 3.79. The Labute approximate surface area is 149 Å². The number of esters is 1. The van der Waals surface area contributed by atoms with Crippen LogP contribution >= 0.6 is 0 Å². The predicted molar refractivity (Wildman–Crippen MR) is 96.4 cm³/mol. The van der Waals surface area contributed by atoms with Gasteiger partial charge in [0.1, 0.15) is 0 Å². The van der Waals surface area contributed by atoms with Gasteiger partial charge in [-0.25, -0.2) is 0 Å². The first-order chi connectivity index (χ1) is 12.1. The Morgan fingerprint density at radius 2 is 1.68 bits per heavy atom. The number of carbonyl (C=O) groups excluding carboxylic acids is 1. The zero-order valence-electron chi connectivity index (χ0n) is 15.5. The van der Waals surface area contributed by atoms with Crippen LogP contribution in [-0.4, -0.2) is 33.9 Å². The summed E-state index contributed by atoms with van der Waals surface area (Å²) < 4.78 is 21.5. The maximum absolute atomic E-state index is 12.1. The molecule has 2 unspecified atom stereocenters. The number of methoxy groups -OCH3 is 3. The van der Waals surface area contributed by atoms with Gasteiger partial charge in [0.25, 0.3) is 0 Å². The van der Waals surface area contributed by atoms with E-state index in [4.69, 9.17) is 18.9 Å². The van der Waals surface area contributed by atoms with Crippen LogP contribution in [0.2, 0.25) is 0 Å². The van der Waals surface area contributed by atoms with Crippen molar-refractivity contribution in [3.8, 4) is 17.2 Å². The average Bonchev–Trinajstić information content (AvgIpc) is 2.64. The van der Waals surface area contributed by atoms with Crippen LogP contribution in [0.25, 0.3) is 0 Å². The lowest BCUT2D eigenvalue weighted by molar-refractivity contribution is -0.145.